The van der Waals surface area contributed by atoms with Crippen molar-refractivity contribution >= 4 is 16.7 Å². The van der Waals surface area contributed by atoms with Crippen LogP contribution in [-0.2, 0) is 25.8 Å². The molecule has 0 bridgehead atoms. The van der Waals surface area contributed by atoms with Crippen LogP contribution in [0.2, 0.25) is 0 Å². The quantitative estimate of drug-likeness (QED) is 0.762. The lowest BCUT2D eigenvalue weighted by Crippen LogP contribution is -2.42. The van der Waals surface area contributed by atoms with Crippen molar-refractivity contribution in [2.75, 3.05) is 32.1 Å². The molecular formula is C23H28N4O. The molecule has 0 amide bonds. The van der Waals surface area contributed by atoms with Crippen molar-refractivity contribution in [3.05, 3.63) is 63.6 Å². The van der Waals surface area contributed by atoms with E-state index in [1.807, 2.05) is 16.7 Å². The van der Waals surface area contributed by atoms with E-state index in [2.05, 4.69) is 53.1 Å². The van der Waals surface area contributed by atoms with Crippen molar-refractivity contribution in [2.45, 2.75) is 38.3 Å². The molecule has 2 aliphatic rings. The first-order valence-electron chi connectivity index (χ1n) is 10.3. The molecule has 5 heteroatoms. The number of likely N-dealkylation sites (N-methyl/N-ethyl adjacent to an activating group) is 1. The van der Waals surface area contributed by atoms with Crippen LogP contribution in [0.25, 0.3) is 11.0 Å². The molecule has 1 N–H and O–H groups in total. The molecule has 5 rings (SSSR count). The molecule has 0 saturated heterocycles. The van der Waals surface area contributed by atoms with Crippen molar-refractivity contribution in [1.82, 2.24) is 14.5 Å². The molecule has 0 unspecified atom stereocenters. The zero-order chi connectivity index (χ0) is 19.3. The maximum atomic E-state index is 12.4. The van der Waals surface area contributed by atoms with E-state index in [0.717, 1.165) is 43.5 Å². The van der Waals surface area contributed by atoms with E-state index in [0.29, 0.717) is 6.04 Å². The number of nitrogens with zero attached hydrogens (tertiary/aromatic N) is 3. The van der Waals surface area contributed by atoms with Gasteiger partial charge in [0.1, 0.15) is 0 Å². The Bertz CT molecular complexity index is 1080. The normalized spacial score (nSPS) is 18.7. The minimum atomic E-state index is 0.0146. The van der Waals surface area contributed by atoms with Gasteiger partial charge in [-0.2, -0.15) is 0 Å². The Balaban J connectivity index is 1.34. The number of fused-ring (bicyclic) bond motifs is 1. The number of anilines is 1. The minimum Gasteiger partial charge on any atom is -0.374 e. The number of H-pyrrole nitrogens is 1. The summed E-state index contributed by atoms with van der Waals surface area (Å²) < 4.78 is 1.93. The summed E-state index contributed by atoms with van der Waals surface area (Å²) in [5.74, 6) is 0. The van der Waals surface area contributed by atoms with Crippen LogP contribution in [0.3, 0.4) is 0 Å². The Morgan fingerprint density at radius 1 is 1.21 bits per heavy atom. The second kappa shape index (κ2) is 6.82. The molecule has 1 aromatic heterocycles. The monoisotopic (exact) mass is 376 g/mol. The Labute approximate surface area is 165 Å². The number of nitrogens with one attached hydrogen (secondary N) is 1. The number of benzene rings is 2. The maximum absolute atomic E-state index is 12.4. The van der Waals surface area contributed by atoms with Gasteiger partial charge in [-0.25, -0.2) is 4.79 Å². The van der Waals surface area contributed by atoms with Gasteiger partial charge in [-0.3, -0.25) is 4.57 Å². The van der Waals surface area contributed by atoms with Crippen molar-refractivity contribution in [2.24, 2.45) is 0 Å². The predicted molar refractivity (Wildman–Crippen MR) is 114 cm³/mol. The van der Waals surface area contributed by atoms with Crippen molar-refractivity contribution in [3.63, 3.8) is 0 Å². The molecule has 1 atom stereocenters. The number of hydrogen-bond acceptors (Lipinski definition) is 3. The lowest BCUT2D eigenvalue weighted by molar-refractivity contribution is 0.215. The minimum absolute atomic E-state index is 0.0146. The Hall–Kier alpha value is -2.53. The fourth-order valence-electron chi connectivity index (χ4n) is 5.05. The molecule has 2 aliphatic heterocycles. The van der Waals surface area contributed by atoms with Crippen LogP contribution >= 0.6 is 0 Å². The molecule has 0 aliphatic carbocycles. The lowest BCUT2D eigenvalue weighted by atomic mass is 9.94. The van der Waals surface area contributed by atoms with Gasteiger partial charge in [-0.15, -0.1) is 0 Å². The van der Waals surface area contributed by atoms with Crippen LogP contribution in [0.5, 0.6) is 0 Å². The fraction of sp³-hybridized carbons (Fsp3) is 0.435. The van der Waals surface area contributed by atoms with Crippen LogP contribution in [-0.4, -0.2) is 47.7 Å². The van der Waals surface area contributed by atoms with E-state index < -0.39 is 0 Å². The summed E-state index contributed by atoms with van der Waals surface area (Å²) in [5, 5.41) is 0. The second-order valence-corrected chi connectivity index (χ2v) is 8.38. The van der Waals surface area contributed by atoms with Gasteiger partial charge in [0.2, 0.25) is 0 Å². The number of para-hydroxylation sites is 1. The summed E-state index contributed by atoms with van der Waals surface area (Å²) in [6.45, 7) is 2.93. The van der Waals surface area contributed by atoms with Crippen LogP contribution in [0.15, 0.2) is 41.2 Å². The summed E-state index contributed by atoms with van der Waals surface area (Å²) in [6.07, 6.45) is 4.49. The summed E-state index contributed by atoms with van der Waals surface area (Å²) in [5.41, 5.74) is 7.76. The molecule has 3 aromatic rings. The molecule has 3 heterocycles. The summed E-state index contributed by atoms with van der Waals surface area (Å²) >= 11 is 0. The van der Waals surface area contributed by atoms with Gasteiger partial charge in [-0.05, 0) is 61.6 Å². The maximum Gasteiger partial charge on any atom is 0.326 e. The van der Waals surface area contributed by atoms with Crippen LogP contribution in [0.1, 0.15) is 23.1 Å². The largest absolute Gasteiger partial charge is 0.374 e. The standard InChI is InChI=1S/C23H28N4O/c1-25(13-11-16-6-4-10-21-19(16)8-5-12-26(21)2)18-14-17-7-3-9-20-22(17)27(15-18)23(28)24-20/h3-4,6-7,9-10,18H,5,8,11-15H2,1-2H3,(H,24,28)/t18-/m1/s1. The number of rotatable bonds is 4. The number of aromatic amines is 1. The number of imidazole rings is 1. The molecule has 0 radical (unpaired) electrons. The molecule has 5 nitrogen and oxygen atoms in total. The lowest BCUT2D eigenvalue weighted by Gasteiger charge is -2.33. The van der Waals surface area contributed by atoms with Crippen molar-refractivity contribution in [3.8, 4) is 0 Å². The molecule has 28 heavy (non-hydrogen) atoms. The van der Waals surface area contributed by atoms with Gasteiger partial charge in [0, 0.05) is 38.4 Å². The van der Waals surface area contributed by atoms with Crippen LogP contribution in [0.4, 0.5) is 5.69 Å². The highest BCUT2D eigenvalue weighted by atomic mass is 16.1. The van der Waals surface area contributed by atoms with Gasteiger partial charge in [-0.1, -0.05) is 24.3 Å². The smallest absolute Gasteiger partial charge is 0.326 e. The third-order valence-electron chi connectivity index (χ3n) is 6.66. The highest BCUT2D eigenvalue weighted by Crippen LogP contribution is 2.29. The van der Waals surface area contributed by atoms with E-state index in [1.165, 1.54) is 35.2 Å². The van der Waals surface area contributed by atoms with Crippen LogP contribution in [0, 0.1) is 0 Å². The van der Waals surface area contributed by atoms with E-state index in [9.17, 15) is 4.79 Å². The second-order valence-electron chi connectivity index (χ2n) is 8.38. The number of aromatic nitrogens is 2. The van der Waals surface area contributed by atoms with Gasteiger partial charge in [0.15, 0.2) is 0 Å². The Morgan fingerprint density at radius 2 is 2.07 bits per heavy atom. The first-order valence-corrected chi connectivity index (χ1v) is 10.3. The topological polar surface area (TPSA) is 44.3 Å². The molecule has 0 saturated carbocycles. The average Bonchev–Trinajstić information content (AvgIpc) is 3.03. The van der Waals surface area contributed by atoms with Crippen molar-refractivity contribution in [1.29, 1.82) is 0 Å². The summed E-state index contributed by atoms with van der Waals surface area (Å²) in [4.78, 5) is 20.2. The van der Waals surface area contributed by atoms with E-state index in [-0.39, 0.29) is 5.69 Å². The van der Waals surface area contributed by atoms with Crippen LogP contribution < -0.4 is 10.6 Å². The van der Waals surface area contributed by atoms with Gasteiger partial charge < -0.3 is 14.8 Å². The van der Waals surface area contributed by atoms with E-state index >= 15 is 0 Å². The Kier molecular flexibility index (Phi) is 4.27. The molecule has 2 aromatic carbocycles. The zero-order valence-electron chi connectivity index (χ0n) is 16.7. The molecular weight excluding hydrogens is 348 g/mol. The first-order chi connectivity index (χ1) is 13.6. The highest BCUT2D eigenvalue weighted by molar-refractivity contribution is 5.79. The van der Waals surface area contributed by atoms with Gasteiger partial charge in [0.05, 0.1) is 11.0 Å². The molecule has 0 fully saturated rings. The van der Waals surface area contributed by atoms with Gasteiger partial charge in [0.25, 0.3) is 0 Å². The third-order valence-corrected chi connectivity index (χ3v) is 6.66. The van der Waals surface area contributed by atoms with E-state index in [1.54, 1.807) is 0 Å². The summed E-state index contributed by atoms with van der Waals surface area (Å²) in [6, 6.07) is 13.3. The van der Waals surface area contributed by atoms with Gasteiger partial charge >= 0.3 is 5.69 Å². The molecule has 0 spiro atoms. The zero-order valence-corrected chi connectivity index (χ0v) is 16.7. The first kappa shape index (κ1) is 17.6. The molecule has 146 valence electrons. The fourth-order valence-corrected chi connectivity index (χ4v) is 5.05. The van der Waals surface area contributed by atoms with E-state index in [4.69, 9.17) is 0 Å². The highest BCUT2D eigenvalue weighted by Gasteiger charge is 2.26. The number of hydrogen-bond donors (Lipinski definition) is 1. The SMILES string of the molecule is CN1CCCc2c(CCN(C)[C@@H]3Cc4cccc5[nH]c(=O)n(c45)C3)cccc21. The predicted octanol–water partition coefficient (Wildman–Crippen LogP) is 2.81. The summed E-state index contributed by atoms with van der Waals surface area (Å²) in [7, 11) is 4.40. The van der Waals surface area contributed by atoms with Crippen molar-refractivity contribution < 1.29 is 0 Å². The third kappa shape index (κ3) is 2.85. The Morgan fingerprint density at radius 3 is 2.96 bits per heavy atom. The average molecular weight is 377 g/mol.